The highest BCUT2D eigenvalue weighted by Crippen LogP contribution is 2.31. The highest BCUT2D eigenvalue weighted by Gasteiger charge is 2.22. The van der Waals surface area contributed by atoms with Gasteiger partial charge < -0.3 is 10.4 Å². The molecule has 18 heavy (non-hydrogen) atoms. The van der Waals surface area contributed by atoms with Crippen LogP contribution in [0.3, 0.4) is 0 Å². The average Bonchev–Trinajstić information content (AvgIpc) is 2.81. The van der Waals surface area contributed by atoms with E-state index >= 15 is 0 Å². The van der Waals surface area contributed by atoms with Crippen LogP contribution in [0.25, 0.3) is 11.1 Å². The van der Waals surface area contributed by atoms with Crippen molar-refractivity contribution in [2.75, 3.05) is 0 Å². The van der Waals surface area contributed by atoms with Crippen LogP contribution in [0, 0.1) is 0 Å². The summed E-state index contributed by atoms with van der Waals surface area (Å²) >= 11 is 0. The summed E-state index contributed by atoms with van der Waals surface area (Å²) in [6.45, 7) is 0.561. The van der Waals surface area contributed by atoms with E-state index in [1.54, 1.807) is 0 Å². The standard InChI is InChI=1S/C15H13NO2/c17-9-10-4-1-2-5-11(10)12-6-3-7-13-14(12)8-16-15(13)18/h1-7,17H,8-9H2,(H,16,18). The van der Waals surface area contributed by atoms with Gasteiger partial charge >= 0.3 is 0 Å². The molecule has 3 nitrogen and oxygen atoms in total. The number of rotatable bonds is 2. The van der Waals surface area contributed by atoms with Gasteiger partial charge in [-0.15, -0.1) is 0 Å². The minimum atomic E-state index is -0.0201. The second kappa shape index (κ2) is 4.27. The lowest BCUT2D eigenvalue weighted by molar-refractivity contribution is 0.0966. The van der Waals surface area contributed by atoms with E-state index < -0.39 is 0 Å². The molecule has 2 N–H and O–H groups in total. The summed E-state index contributed by atoms with van der Waals surface area (Å²) < 4.78 is 0. The fourth-order valence-electron chi connectivity index (χ4n) is 2.43. The second-order valence-electron chi connectivity index (χ2n) is 4.33. The zero-order chi connectivity index (χ0) is 12.5. The van der Waals surface area contributed by atoms with Crippen LogP contribution in [0.1, 0.15) is 21.5 Å². The summed E-state index contributed by atoms with van der Waals surface area (Å²) in [5.74, 6) is -0.0201. The first-order valence-corrected chi connectivity index (χ1v) is 5.90. The van der Waals surface area contributed by atoms with Crippen LogP contribution in [-0.2, 0) is 13.2 Å². The van der Waals surface area contributed by atoms with Crippen LogP contribution in [-0.4, -0.2) is 11.0 Å². The number of hydrogen-bond donors (Lipinski definition) is 2. The molecule has 0 atom stereocenters. The third kappa shape index (κ3) is 1.60. The van der Waals surface area contributed by atoms with Crippen LogP contribution in [0.4, 0.5) is 0 Å². The highest BCUT2D eigenvalue weighted by molar-refractivity contribution is 6.00. The van der Waals surface area contributed by atoms with E-state index in [-0.39, 0.29) is 12.5 Å². The Hall–Kier alpha value is -2.13. The fourth-order valence-corrected chi connectivity index (χ4v) is 2.43. The number of hydrogen-bond acceptors (Lipinski definition) is 2. The number of carbonyl (C=O) groups excluding carboxylic acids is 1. The molecule has 0 aliphatic carbocycles. The first-order chi connectivity index (χ1) is 8.81. The monoisotopic (exact) mass is 239 g/mol. The SMILES string of the molecule is O=C1NCc2c1cccc2-c1ccccc1CO. The fraction of sp³-hybridized carbons (Fsp3) is 0.133. The molecule has 0 bridgehead atoms. The van der Waals surface area contributed by atoms with Crippen molar-refractivity contribution in [3.63, 3.8) is 0 Å². The molecule has 1 heterocycles. The van der Waals surface area contributed by atoms with Gasteiger partial charge in [0.05, 0.1) is 6.61 Å². The van der Waals surface area contributed by atoms with Crippen LogP contribution in [0.5, 0.6) is 0 Å². The Balaban J connectivity index is 2.22. The van der Waals surface area contributed by atoms with Gasteiger partial charge in [-0.2, -0.15) is 0 Å². The molecule has 0 saturated heterocycles. The molecule has 1 aliphatic heterocycles. The predicted octanol–water partition coefficient (Wildman–Crippen LogP) is 2.09. The van der Waals surface area contributed by atoms with Crippen LogP contribution in [0.2, 0.25) is 0 Å². The molecule has 90 valence electrons. The number of benzene rings is 2. The molecule has 2 aromatic rings. The lowest BCUT2D eigenvalue weighted by atomic mass is 9.94. The van der Waals surface area contributed by atoms with E-state index in [4.69, 9.17) is 0 Å². The molecule has 0 spiro atoms. The number of amides is 1. The first-order valence-electron chi connectivity index (χ1n) is 5.90. The quantitative estimate of drug-likeness (QED) is 0.843. The molecular formula is C15H13NO2. The number of nitrogens with one attached hydrogen (secondary N) is 1. The minimum Gasteiger partial charge on any atom is -0.392 e. The molecule has 2 aromatic carbocycles. The van der Waals surface area contributed by atoms with E-state index in [2.05, 4.69) is 5.32 Å². The van der Waals surface area contributed by atoms with Crippen LogP contribution >= 0.6 is 0 Å². The smallest absolute Gasteiger partial charge is 0.251 e. The van der Waals surface area contributed by atoms with Gasteiger partial charge in [-0.25, -0.2) is 0 Å². The topological polar surface area (TPSA) is 49.3 Å². The Morgan fingerprint density at radius 3 is 2.56 bits per heavy atom. The predicted molar refractivity (Wildman–Crippen MR) is 69.0 cm³/mol. The minimum absolute atomic E-state index is 0.00121. The van der Waals surface area contributed by atoms with Crippen molar-refractivity contribution in [2.45, 2.75) is 13.2 Å². The highest BCUT2D eigenvalue weighted by atomic mass is 16.3. The maximum absolute atomic E-state index is 11.6. The Kier molecular flexibility index (Phi) is 2.61. The van der Waals surface area contributed by atoms with Crippen LogP contribution < -0.4 is 5.32 Å². The summed E-state index contributed by atoms with van der Waals surface area (Å²) in [5.41, 5.74) is 4.65. The number of fused-ring (bicyclic) bond motifs is 1. The van der Waals surface area contributed by atoms with E-state index in [0.717, 1.165) is 27.8 Å². The summed E-state index contributed by atoms with van der Waals surface area (Å²) in [6, 6.07) is 13.4. The van der Waals surface area contributed by atoms with Crippen molar-refractivity contribution in [3.05, 3.63) is 59.2 Å². The van der Waals surface area contributed by atoms with E-state index in [9.17, 15) is 9.90 Å². The summed E-state index contributed by atoms with van der Waals surface area (Å²) in [4.78, 5) is 11.6. The van der Waals surface area contributed by atoms with Gasteiger partial charge in [-0.3, -0.25) is 4.79 Å². The van der Waals surface area contributed by atoms with Gasteiger partial charge in [0, 0.05) is 12.1 Å². The Morgan fingerprint density at radius 2 is 1.72 bits per heavy atom. The molecular weight excluding hydrogens is 226 g/mol. The third-order valence-corrected chi connectivity index (χ3v) is 3.32. The van der Waals surface area contributed by atoms with Gasteiger partial charge in [0.2, 0.25) is 0 Å². The average molecular weight is 239 g/mol. The molecule has 0 unspecified atom stereocenters. The Bertz CT molecular complexity index is 620. The van der Waals surface area contributed by atoms with Crippen LogP contribution in [0.15, 0.2) is 42.5 Å². The normalized spacial score (nSPS) is 13.3. The van der Waals surface area contributed by atoms with Gasteiger partial charge in [-0.05, 0) is 28.3 Å². The van der Waals surface area contributed by atoms with Crippen molar-refractivity contribution in [1.29, 1.82) is 0 Å². The Morgan fingerprint density at radius 1 is 1.00 bits per heavy atom. The van der Waals surface area contributed by atoms with Crippen molar-refractivity contribution in [2.24, 2.45) is 0 Å². The van der Waals surface area contributed by atoms with Gasteiger partial charge in [0.25, 0.3) is 5.91 Å². The maximum atomic E-state index is 11.6. The first kappa shape index (κ1) is 11.0. The van der Waals surface area contributed by atoms with Gasteiger partial charge in [0.15, 0.2) is 0 Å². The van der Waals surface area contributed by atoms with E-state index in [0.29, 0.717) is 6.54 Å². The molecule has 3 heteroatoms. The zero-order valence-corrected chi connectivity index (χ0v) is 9.81. The van der Waals surface area contributed by atoms with Gasteiger partial charge in [-0.1, -0.05) is 36.4 Å². The van der Waals surface area contributed by atoms with Crippen molar-refractivity contribution in [3.8, 4) is 11.1 Å². The van der Waals surface area contributed by atoms with E-state index in [1.807, 2.05) is 42.5 Å². The Labute approximate surface area is 105 Å². The number of aliphatic hydroxyl groups is 1. The molecule has 0 aromatic heterocycles. The number of carbonyl (C=O) groups is 1. The molecule has 3 rings (SSSR count). The van der Waals surface area contributed by atoms with Gasteiger partial charge in [0.1, 0.15) is 0 Å². The summed E-state index contributed by atoms with van der Waals surface area (Å²) in [5, 5.41) is 12.2. The molecule has 1 amide bonds. The van der Waals surface area contributed by atoms with Crippen molar-refractivity contribution < 1.29 is 9.90 Å². The maximum Gasteiger partial charge on any atom is 0.251 e. The lowest BCUT2D eigenvalue weighted by Gasteiger charge is -2.10. The number of aliphatic hydroxyl groups excluding tert-OH is 1. The second-order valence-corrected chi connectivity index (χ2v) is 4.33. The molecule has 0 radical (unpaired) electrons. The summed E-state index contributed by atoms with van der Waals surface area (Å²) in [6.07, 6.45) is 0. The molecule has 0 fully saturated rings. The van der Waals surface area contributed by atoms with E-state index in [1.165, 1.54) is 0 Å². The summed E-state index contributed by atoms with van der Waals surface area (Å²) in [7, 11) is 0. The van der Waals surface area contributed by atoms with Crippen molar-refractivity contribution in [1.82, 2.24) is 5.32 Å². The van der Waals surface area contributed by atoms with Crippen molar-refractivity contribution >= 4 is 5.91 Å². The third-order valence-electron chi connectivity index (χ3n) is 3.32. The lowest BCUT2D eigenvalue weighted by Crippen LogP contribution is -2.12. The molecule has 1 aliphatic rings. The molecule has 0 saturated carbocycles. The zero-order valence-electron chi connectivity index (χ0n) is 9.81. The largest absolute Gasteiger partial charge is 0.392 e.